The van der Waals surface area contributed by atoms with Crippen molar-refractivity contribution in [2.75, 3.05) is 0 Å². The zero-order chi connectivity index (χ0) is 13.4. The Balaban J connectivity index is 2.16. The first kappa shape index (κ1) is 11.7. The summed E-state index contributed by atoms with van der Waals surface area (Å²) >= 11 is 6.16. The minimum atomic E-state index is -0.947. The SMILES string of the molecule is O=C(O)c1ccc(-c2ncc3cccc(Cl)n23)cc1. The molecule has 3 rings (SSSR count). The smallest absolute Gasteiger partial charge is 0.335 e. The van der Waals surface area contributed by atoms with Crippen LogP contribution in [0.5, 0.6) is 0 Å². The minimum Gasteiger partial charge on any atom is -0.478 e. The van der Waals surface area contributed by atoms with E-state index < -0.39 is 5.97 Å². The van der Waals surface area contributed by atoms with Crippen LogP contribution in [0.3, 0.4) is 0 Å². The van der Waals surface area contributed by atoms with Crippen molar-refractivity contribution in [2.45, 2.75) is 0 Å². The van der Waals surface area contributed by atoms with Crippen LogP contribution in [-0.4, -0.2) is 20.5 Å². The second kappa shape index (κ2) is 4.40. The molecule has 0 spiro atoms. The Morgan fingerprint density at radius 2 is 1.89 bits per heavy atom. The number of hydrogen-bond donors (Lipinski definition) is 1. The third-order valence-corrected chi connectivity index (χ3v) is 3.19. The molecule has 94 valence electrons. The van der Waals surface area contributed by atoms with Crippen molar-refractivity contribution in [1.29, 1.82) is 0 Å². The van der Waals surface area contributed by atoms with Crippen LogP contribution in [0, 0.1) is 0 Å². The lowest BCUT2D eigenvalue weighted by Crippen LogP contribution is -1.96. The molecule has 2 heterocycles. The quantitative estimate of drug-likeness (QED) is 0.728. The summed E-state index contributed by atoms with van der Waals surface area (Å²) in [6, 6.07) is 12.1. The normalized spacial score (nSPS) is 10.8. The molecule has 0 saturated heterocycles. The highest BCUT2D eigenvalue weighted by atomic mass is 35.5. The molecule has 0 aliphatic rings. The van der Waals surface area contributed by atoms with Gasteiger partial charge in [-0.05, 0) is 24.3 Å². The number of carboxylic acid groups (broad SMARTS) is 1. The van der Waals surface area contributed by atoms with Crippen LogP contribution in [0.1, 0.15) is 10.4 Å². The lowest BCUT2D eigenvalue weighted by atomic mass is 10.1. The summed E-state index contributed by atoms with van der Waals surface area (Å²) in [5.74, 6) is -0.255. The molecule has 0 fully saturated rings. The largest absolute Gasteiger partial charge is 0.478 e. The summed E-state index contributed by atoms with van der Waals surface area (Å²) in [5, 5.41) is 9.44. The molecule has 3 aromatic rings. The Morgan fingerprint density at radius 3 is 2.58 bits per heavy atom. The number of carboxylic acids is 1. The van der Waals surface area contributed by atoms with Crippen LogP contribution < -0.4 is 0 Å². The van der Waals surface area contributed by atoms with Crippen molar-refractivity contribution in [3.8, 4) is 11.4 Å². The van der Waals surface area contributed by atoms with Gasteiger partial charge in [0.05, 0.1) is 17.3 Å². The predicted molar refractivity (Wildman–Crippen MR) is 72.6 cm³/mol. The number of hydrogen-bond acceptors (Lipinski definition) is 2. The Labute approximate surface area is 113 Å². The fraction of sp³-hybridized carbons (Fsp3) is 0. The zero-order valence-electron chi connectivity index (χ0n) is 9.75. The van der Waals surface area contributed by atoms with Crippen LogP contribution in [0.15, 0.2) is 48.7 Å². The van der Waals surface area contributed by atoms with E-state index in [9.17, 15) is 4.79 Å². The van der Waals surface area contributed by atoms with Gasteiger partial charge in [0.2, 0.25) is 0 Å². The van der Waals surface area contributed by atoms with Crippen LogP contribution in [0.2, 0.25) is 5.15 Å². The number of nitrogens with zero attached hydrogens (tertiary/aromatic N) is 2. The van der Waals surface area contributed by atoms with Crippen molar-refractivity contribution >= 4 is 23.1 Å². The topological polar surface area (TPSA) is 54.6 Å². The first-order valence-corrected chi connectivity index (χ1v) is 6.00. The average Bonchev–Trinajstić information content (AvgIpc) is 2.84. The molecule has 0 unspecified atom stereocenters. The van der Waals surface area contributed by atoms with Gasteiger partial charge in [0.25, 0.3) is 0 Å². The fourth-order valence-corrected chi connectivity index (χ4v) is 2.22. The van der Waals surface area contributed by atoms with Gasteiger partial charge in [0, 0.05) is 5.56 Å². The van der Waals surface area contributed by atoms with Crippen molar-refractivity contribution in [3.05, 3.63) is 59.4 Å². The highest BCUT2D eigenvalue weighted by molar-refractivity contribution is 6.30. The molecular formula is C14H9ClN2O2. The van der Waals surface area contributed by atoms with Gasteiger partial charge in [0.15, 0.2) is 0 Å². The summed E-state index contributed by atoms with van der Waals surface area (Å²) in [4.78, 5) is 15.2. The standard InChI is InChI=1S/C14H9ClN2O2/c15-12-3-1-2-11-8-16-13(17(11)12)9-4-6-10(7-5-9)14(18)19/h1-8H,(H,18,19). The first-order valence-electron chi connectivity index (χ1n) is 5.62. The Morgan fingerprint density at radius 1 is 1.16 bits per heavy atom. The molecule has 1 aromatic carbocycles. The molecule has 0 aliphatic heterocycles. The van der Waals surface area contributed by atoms with Crippen molar-refractivity contribution in [1.82, 2.24) is 9.38 Å². The highest BCUT2D eigenvalue weighted by Crippen LogP contribution is 2.24. The van der Waals surface area contributed by atoms with E-state index in [4.69, 9.17) is 16.7 Å². The molecule has 0 radical (unpaired) electrons. The number of halogens is 1. The maximum Gasteiger partial charge on any atom is 0.335 e. The van der Waals surface area contributed by atoms with Crippen molar-refractivity contribution in [2.24, 2.45) is 0 Å². The molecular weight excluding hydrogens is 264 g/mol. The summed E-state index contributed by atoms with van der Waals surface area (Å²) in [6.45, 7) is 0. The Hall–Kier alpha value is -2.33. The molecule has 19 heavy (non-hydrogen) atoms. The molecule has 2 aromatic heterocycles. The van der Waals surface area contributed by atoms with Gasteiger partial charge in [0.1, 0.15) is 11.0 Å². The third kappa shape index (κ3) is 1.96. The van der Waals surface area contributed by atoms with Gasteiger partial charge >= 0.3 is 5.97 Å². The first-order chi connectivity index (χ1) is 9.16. The zero-order valence-corrected chi connectivity index (χ0v) is 10.5. The molecule has 0 saturated carbocycles. The second-order valence-electron chi connectivity index (χ2n) is 4.07. The number of imidazole rings is 1. The second-order valence-corrected chi connectivity index (χ2v) is 4.46. The van der Waals surface area contributed by atoms with E-state index in [0.717, 1.165) is 11.1 Å². The number of fused-ring (bicyclic) bond motifs is 1. The lowest BCUT2D eigenvalue weighted by molar-refractivity contribution is 0.0697. The highest BCUT2D eigenvalue weighted by Gasteiger charge is 2.09. The van der Waals surface area contributed by atoms with E-state index in [1.165, 1.54) is 0 Å². The number of benzene rings is 1. The molecule has 0 atom stereocenters. The number of aromatic nitrogens is 2. The van der Waals surface area contributed by atoms with Gasteiger partial charge in [-0.15, -0.1) is 0 Å². The van der Waals surface area contributed by atoms with Gasteiger partial charge < -0.3 is 5.11 Å². The third-order valence-electron chi connectivity index (χ3n) is 2.89. The minimum absolute atomic E-state index is 0.246. The van der Waals surface area contributed by atoms with E-state index >= 15 is 0 Å². The van der Waals surface area contributed by atoms with Crippen LogP contribution >= 0.6 is 11.6 Å². The van der Waals surface area contributed by atoms with Crippen molar-refractivity contribution < 1.29 is 9.90 Å². The molecule has 1 N–H and O–H groups in total. The van der Waals surface area contributed by atoms with Gasteiger partial charge in [-0.3, -0.25) is 4.40 Å². The van der Waals surface area contributed by atoms with E-state index in [1.807, 2.05) is 16.5 Å². The van der Waals surface area contributed by atoms with E-state index in [0.29, 0.717) is 11.0 Å². The maximum atomic E-state index is 10.8. The van der Waals surface area contributed by atoms with Crippen LogP contribution in [0.4, 0.5) is 0 Å². The summed E-state index contributed by atoms with van der Waals surface area (Å²) in [6.07, 6.45) is 1.73. The number of aromatic carboxylic acids is 1. The molecule has 0 aliphatic carbocycles. The summed E-state index contributed by atoms with van der Waals surface area (Å²) in [5.41, 5.74) is 1.96. The van der Waals surface area contributed by atoms with Crippen LogP contribution in [0.25, 0.3) is 16.9 Å². The Bertz CT molecular complexity index is 763. The predicted octanol–water partition coefficient (Wildman–Crippen LogP) is 3.35. The lowest BCUT2D eigenvalue weighted by Gasteiger charge is -2.04. The van der Waals surface area contributed by atoms with Gasteiger partial charge in [-0.2, -0.15) is 0 Å². The molecule has 5 heteroatoms. The maximum absolute atomic E-state index is 10.8. The van der Waals surface area contributed by atoms with Crippen molar-refractivity contribution in [3.63, 3.8) is 0 Å². The number of carbonyl (C=O) groups is 1. The summed E-state index contributed by atoms with van der Waals surface area (Å²) < 4.78 is 1.82. The van der Waals surface area contributed by atoms with Gasteiger partial charge in [-0.25, -0.2) is 9.78 Å². The average molecular weight is 273 g/mol. The monoisotopic (exact) mass is 272 g/mol. The Kier molecular flexibility index (Phi) is 2.72. The number of rotatable bonds is 2. The molecule has 0 bridgehead atoms. The molecule has 0 amide bonds. The van der Waals surface area contributed by atoms with E-state index in [2.05, 4.69) is 4.98 Å². The van der Waals surface area contributed by atoms with Gasteiger partial charge in [-0.1, -0.05) is 29.8 Å². The fourth-order valence-electron chi connectivity index (χ4n) is 1.97. The van der Waals surface area contributed by atoms with E-state index in [-0.39, 0.29) is 5.56 Å². The van der Waals surface area contributed by atoms with Crippen LogP contribution in [-0.2, 0) is 0 Å². The molecule has 4 nitrogen and oxygen atoms in total. The van der Waals surface area contributed by atoms with E-state index in [1.54, 1.807) is 36.5 Å². The summed E-state index contributed by atoms with van der Waals surface area (Å²) in [7, 11) is 0. The number of pyridine rings is 1.